The number of carbonyl (C=O) groups is 2. The SMILES string of the molecule is O=C(Cc1cccc(F)c1)N1CCCN(C(=O)c2ncoc2C2CC2)CC1. The van der Waals surface area contributed by atoms with E-state index >= 15 is 0 Å². The molecule has 0 bridgehead atoms. The van der Waals surface area contributed by atoms with Crippen LogP contribution in [-0.4, -0.2) is 52.8 Å². The molecule has 7 heteroatoms. The molecule has 1 aromatic heterocycles. The topological polar surface area (TPSA) is 66.7 Å². The molecule has 2 fully saturated rings. The Kier molecular flexibility index (Phi) is 4.92. The molecule has 1 saturated heterocycles. The average Bonchev–Trinajstić information content (AvgIpc) is 3.43. The molecule has 2 amide bonds. The normalized spacial score (nSPS) is 17.7. The standard InChI is InChI=1S/C20H22FN3O3/c21-16-4-1-3-14(11-16)12-17(25)23-7-2-8-24(10-9-23)20(26)18-19(15-5-6-15)27-13-22-18/h1,3-4,11,13,15H,2,5-10,12H2. The lowest BCUT2D eigenvalue weighted by atomic mass is 10.1. The molecule has 0 radical (unpaired) electrons. The molecule has 4 rings (SSSR count). The van der Waals surface area contributed by atoms with Gasteiger partial charge in [-0.3, -0.25) is 9.59 Å². The van der Waals surface area contributed by atoms with Gasteiger partial charge in [0.15, 0.2) is 12.1 Å². The lowest BCUT2D eigenvalue weighted by molar-refractivity contribution is -0.130. The Morgan fingerprint density at radius 3 is 2.70 bits per heavy atom. The van der Waals surface area contributed by atoms with Gasteiger partial charge >= 0.3 is 0 Å². The minimum atomic E-state index is -0.341. The van der Waals surface area contributed by atoms with E-state index in [9.17, 15) is 14.0 Å². The molecule has 1 aliphatic heterocycles. The van der Waals surface area contributed by atoms with Crippen LogP contribution in [0.2, 0.25) is 0 Å². The third kappa shape index (κ3) is 4.02. The first-order chi connectivity index (χ1) is 13.1. The van der Waals surface area contributed by atoms with Crippen molar-refractivity contribution >= 4 is 11.8 Å². The van der Waals surface area contributed by atoms with Gasteiger partial charge in [0.25, 0.3) is 5.91 Å². The van der Waals surface area contributed by atoms with E-state index in [1.54, 1.807) is 21.9 Å². The second-order valence-electron chi connectivity index (χ2n) is 7.17. The quantitative estimate of drug-likeness (QED) is 0.829. The Hall–Kier alpha value is -2.70. The van der Waals surface area contributed by atoms with E-state index in [2.05, 4.69) is 4.98 Å². The number of oxazole rings is 1. The Morgan fingerprint density at radius 2 is 1.93 bits per heavy atom. The fourth-order valence-electron chi connectivity index (χ4n) is 3.50. The Labute approximate surface area is 157 Å². The molecule has 2 aliphatic rings. The van der Waals surface area contributed by atoms with Gasteiger partial charge in [-0.1, -0.05) is 12.1 Å². The van der Waals surface area contributed by atoms with Crippen molar-refractivity contribution in [2.45, 2.75) is 31.6 Å². The van der Waals surface area contributed by atoms with E-state index in [0.717, 1.165) is 12.8 Å². The summed E-state index contributed by atoms with van der Waals surface area (Å²) in [6.07, 6.45) is 4.29. The van der Waals surface area contributed by atoms with Gasteiger partial charge in [-0.15, -0.1) is 0 Å². The van der Waals surface area contributed by atoms with Crippen molar-refractivity contribution < 1.29 is 18.4 Å². The van der Waals surface area contributed by atoms with E-state index in [-0.39, 0.29) is 24.1 Å². The van der Waals surface area contributed by atoms with Crippen LogP contribution in [0.5, 0.6) is 0 Å². The molecule has 0 spiro atoms. The molecule has 0 unspecified atom stereocenters. The molecule has 1 aromatic carbocycles. The number of hydrogen-bond acceptors (Lipinski definition) is 4. The van der Waals surface area contributed by atoms with Crippen molar-refractivity contribution in [1.82, 2.24) is 14.8 Å². The molecular weight excluding hydrogens is 349 g/mol. The summed E-state index contributed by atoms with van der Waals surface area (Å²) in [6.45, 7) is 2.10. The van der Waals surface area contributed by atoms with Crippen LogP contribution in [0.25, 0.3) is 0 Å². The maximum atomic E-state index is 13.3. The fourth-order valence-corrected chi connectivity index (χ4v) is 3.50. The second kappa shape index (κ2) is 7.50. The van der Waals surface area contributed by atoms with Crippen molar-refractivity contribution in [3.05, 3.63) is 53.5 Å². The van der Waals surface area contributed by atoms with Crippen LogP contribution in [0, 0.1) is 5.82 Å². The number of benzene rings is 1. The highest BCUT2D eigenvalue weighted by Crippen LogP contribution is 2.41. The number of halogens is 1. The number of nitrogens with zero attached hydrogens (tertiary/aromatic N) is 3. The molecule has 0 N–H and O–H groups in total. The number of hydrogen-bond donors (Lipinski definition) is 0. The van der Waals surface area contributed by atoms with Gasteiger partial charge in [0, 0.05) is 32.1 Å². The molecule has 6 nitrogen and oxygen atoms in total. The summed E-state index contributed by atoms with van der Waals surface area (Å²) < 4.78 is 18.7. The second-order valence-corrected chi connectivity index (χ2v) is 7.17. The monoisotopic (exact) mass is 371 g/mol. The van der Waals surface area contributed by atoms with E-state index in [4.69, 9.17) is 4.42 Å². The molecule has 2 aromatic rings. The number of amides is 2. The number of aromatic nitrogens is 1. The summed E-state index contributed by atoms with van der Waals surface area (Å²) >= 11 is 0. The first-order valence-corrected chi connectivity index (χ1v) is 9.36. The third-order valence-corrected chi connectivity index (χ3v) is 5.13. The maximum absolute atomic E-state index is 13.3. The highest BCUT2D eigenvalue weighted by Gasteiger charge is 2.34. The van der Waals surface area contributed by atoms with Crippen LogP contribution < -0.4 is 0 Å². The van der Waals surface area contributed by atoms with Crippen molar-refractivity contribution in [2.75, 3.05) is 26.2 Å². The highest BCUT2D eigenvalue weighted by molar-refractivity contribution is 5.93. The van der Waals surface area contributed by atoms with Crippen LogP contribution in [0.15, 0.2) is 35.1 Å². The summed E-state index contributed by atoms with van der Waals surface area (Å²) in [5.41, 5.74) is 1.07. The first-order valence-electron chi connectivity index (χ1n) is 9.36. The smallest absolute Gasteiger partial charge is 0.276 e. The Morgan fingerprint density at radius 1 is 1.15 bits per heavy atom. The zero-order valence-electron chi connectivity index (χ0n) is 15.1. The number of rotatable bonds is 4. The van der Waals surface area contributed by atoms with Gasteiger partial charge in [-0.25, -0.2) is 9.37 Å². The van der Waals surface area contributed by atoms with Gasteiger partial charge < -0.3 is 14.2 Å². The van der Waals surface area contributed by atoms with E-state index in [0.29, 0.717) is 55.5 Å². The summed E-state index contributed by atoms with van der Waals surface area (Å²) in [6, 6.07) is 6.10. The third-order valence-electron chi connectivity index (χ3n) is 5.13. The van der Waals surface area contributed by atoms with Gasteiger partial charge in [0.2, 0.25) is 5.91 Å². The van der Waals surface area contributed by atoms with Crippen LogP contribution in [-0.2, 0) is 11.2 Å². The van der Waals surface area contributed by atoms with Gasteiger partial charge in [0.05, 0.1) is 6.42 Å². The Balaban J connectivity index is 1.37. The average molecular weight is 371 g/mol. The molecule has 1 saturated carbocycles. The van der Waals surface area contributed by atoms with Crippen LogP contribution in [0.4, 0.5) is 4.39 Å². The van der Waals surface area contributed by atoms with E-state index < -0.39 is 0 Å². The van der Waals surface area contributed by atoms with E-state index in [1.807, 2.05) is 0 Å². The largest absolute Gasteiger partial charge is 0.447 e. The fraction of sp³-hybridized carbons (Fsp3) is 0.450. The summed E-state index contributed by atoms with van der Waals surface area (Å²) in [5, 5.41) is 0. The lowest BCUT2D eigenvalue weighted by Crippen LogP contribution is -2.38. The minimum Gasteiger partial charge on any atom is -0.447 e. The number of carbonyl (C=O) groups excluding carboxylic acids is 2. The summed E-state index contributed by atoms with van der Waals surface area (Å²) in [5.74, 6) is 0.512. The molecule has 1 aliphatic carbocycles. The molecule has 2 heterocycles. The van der Waals surface area contributed by atoms with Crippen molar-refractivity contribution in [3.63, 3.8) is 0 Å². The molecule has 142 valence electrons. The minimum absolute atomic E-state index is 0.0463. The molecule has 0 atom stereocenters. The Bertz CT molecular complexity index is 847. The first kappa shape index (κ1) is 17.7. The van der Waals surface area contributed by atoms with Gasteiger partial charge in [-0.05, 0) is 37.0 Å². The molecular formula is C20H22FN3O3. The predicted molar refractivity (Wildman–Crippen MR) is 95.7 cm³/mol. The lowest BCUT2D eigenvalue weighted by Gasteiger charge is -2.22. The van der Waals surface area contributed by atoms with Crippen molar-refractivity contribution in [3.8, 4) is 0 Å². The van der Waals surface area contributed by atoms with Gasteiger partial charge in [0.1, 0.15) is 11.6 Å². The maximum Gasteiger partial charge on any atom is 0.276 e. The van der Waals surface area contributed by atoms with Crippen LogP contribution in [0.3, 0.4) is 0 Å². The molecule has 27 heavy (non-hydrogen) atoms. The van der Waals surface area contributed by atoms with Crippen molar-refractivity contribution in [2.24, 2.45) is 0 Å². The van der Waals surface area contributed by atoms with Gasteiger partial charge in [-0.2, -0.15) is 0 Å². The summed E-state index contributed by atoms with van der Waals surface area (Å²) in [7, 11) is 0. The zero-order valence-corrected chi connectivity index (χ0v) is 15.1. The highest BCUT2D eigenvalue weighted by atomic mass is 19.1. The summed E-state index contributed by atoms with van der Waals surface area (Å²) in [4.78, 5) is 33.0. The van der Waals surface area contributed by atoms with Crippen LogP contribution in [0.1, 0.15) is 47.0 Å². The van der Waals surface area contributed by atoms with Crippen molar-refractivity contribution in [1.29, 1.82) is 0 Å². The predicted octanol–water partition coefficient (Wildman–Crippen LogP) is 2.61. The zero-order chi connectivity index (χ0) is 18.8. The van der Waals surface area contributed by atoms with E-state index in [1.165, 1.54) is 18.5 Å². The van der Waals surface area contributed by atoms with Crippen LogP contribution >= 0.6 is 0 Å².